The van der Waals surface area contributed by atoms with Gasteiger partial charge in [-0.1, -0.05) is 40.9 Å². The van der Waals surface area contributed by atoms with E-state index < -0.39 is 0 Å². The van der Waals surface area contributed by atoms with Crippen molar-refractivity contribution in [3.8, 4) is 0 Å². The summed E-state index contributed by atoms with van der Waals surface area (Å²) in [5.74, 6) is 0.784. The van der Waals surface area contributed by atoms with Gasteiger partial charge in [0.15, 0.2) is 0 Å². The van der Waals surface area contributed by atoms with E-state index in [1.54, 1.807) is 7.11 Å². The predicted molar refractivity (Wildman–Crippen MR) is 104 cm³/mol. The van der Waals surface area contributed by atoms with Crippen LogP contribution in [0, 0.1) is 5.92 Å². The molecule has 5 heteroatoms. The molecular formula is C20H29BrN2O2. The lowest BCUT2D eigenvalue weighted by molar-refractivity contribution is -0.126. The normalized spacial score (nSPS) is 23.0. The molecule has 1 aliphatic heterocycles. The van der Waals surface area contributed by atoms with Crippen LogP contribution in [0.4, 0.5) is 0 Å². The second-order valence-electron chi connectivity index (χ2n) is 7.45. The van der Waals surface area contributed by atoms with Crippen molar-refractivity contribution >= 4 is 21.8 Å². The lowest BCUT2D eigenvalue weighted by Gasteiger charge is -2.29. The van der Waals surface area contributed by atoms with E-state index in [4.69, 9.17) is 4.74 Å². The molecule has 25 heavy (non-hydrogen) atoms. The standard InChI is InChI=1S/C20H29BrN2O2/c1-25-13-12-23-11-8-16(15-23)14-22-19(24)20(9-2-3-10-20)17-4-6-18(21)7-5-17/h4-7,16H,2-3,8-15H2,1H3,(H,22,24)/t16-/m0/s1. The summed E-state index contributed by atoms with van der Waals surface area (Å²) in [5, 5.41) is 3.29. The summed E-state index contributed by atoms with van der Waals surface area (Å²) in [6.07, 6.45) is 5.36. The Bertz CT molecular complexity index is 570. The lowest BCUT2D eigenvalue weighted by atomic mass is 9.78. The molecule has 1 N–H and O–H groups in total. The Labute approximate surface area is 159 Å². The predicted octanol–water partition coefficient (Wildman–Crippen LogP) is 3.35. The zero-order chi connectivity index (χ0) is 17.7. The minimum atomic E-state index is -0.324. The van der Waals surface area contributed by atoms with Crippen LogP contribution in [0.1, 0.15) is 37.7 Å². The van der Waals surface area contributed by atoms with Crippen LogP contribution < -0.4 is 5.32 Å². The zero-order valence-electron chi connectivity index (χ0n) is 15.1. The summed E-state index contributed by atoms with van der Waals surface area (Å²) in [4.78, 5) is 15.5. The molecule has 2 aliphatic rings. The van der Waals surface area contributed by atoms with Crippen LogP contribution in [0.25, 0.3) is 0 Å². The van der Waals surface area contributed by atoms with E-state index in [1.165, 1.54) is 5.56 Å². The lowest BCUT2D eigenvalue weighted by Crippen LogP contribution is -2.44. The SMILES string of the molecule is COCCN1CC[C@@H](CNC(=O)C2(c3ccc(Br)cc3)CCCC2)C1. The number of benzene rings is 1. The van der Waals surface area contributed by atoms with Gasteiger partial charge in [0.25, 0.3) is 0 Å². The van der Waals surface area contributed by atoms with Crippen molar-refractivity contribution in [2.75, 3.05) is 39.9 Å². The summed E-state index contributed by atoms with van der Waals surface area (Å²) in [6.45, 7) is 4.74. The smallest absolute Gasteiger partial charge is 0.230 e. The third kappa shape index (κ3) is 4.44. The minimum absolute atomic E-state index is 0.225. The summed E-state index contributed by atoms with van der Waals surface area (Å²) >= 11 is 3.49. The third-order valence-corrected chi connectivity index (χ3v) is 6.35. The maximum Gasteiger partial charge on any atom is 0.230 e. The number of carbonyl (C=O) groups excluding carboxylic acids is 1. The Kier molecular flexibility index (Phi) is 6.53. The highest BCUT2D eigenvalue weighted by atomic mass is 79.9. The van der Waals surface area contributed by atoms with Crippen molar-refractivity contribution in [2.24, 2.45) is 5.92 Å². The second kappa shape index (κ2) is 8.65. The van der Waals surface area contributed by atoms with E-state index in [9.17, 15) is 4.79 Å². The molecule has 0 spiro atoms. The number of likely N-dealkylation sites (tertiary alicyclic amines) is 1. The fraction of sp³-hybridized carbons (Fsp3) is 0.650. The molecule has 1 atom stereocenters. The Balaban J connectivity index is 1.58. The molecule has 1 heterocycles. The van der Waals surface area contributed by atoms with Crippen LogP contribution in [0.5, 0.6) is 0 Å². The number of nitrogens with one attached hydrogen (secondary N) is 1. The maximum atomic E-state index is 13.1. The van der Waals surface area contributed by atoms with Gasteiger partial charge in [-0.3, -0.25) is 4.79 Å². The monoisotopic (exact) mass is 408 g/mol. The van der Waals surface area contributed by atoms with E-state index in [0.29, 0.717) is 5.92 Å². The molecule has 1 saturated carbocycles. The highest BCUT2D eigenvalue weighted by Gasteiger charge is 2.42. The number of ether oxygens (including phenoxy) is 1. The largest absolute Gasteiger partial charge is 0.383 e. The van der Waals surface area contributed by atoms with Crippen LogP contribution in [0.3, 0.4) is 0 Å². The quantitative estimate of drug-likeness (QED) is 0.751. The topological polar surface area (TPSA) is 41.6 Å². The van der Waals surface area contributed by atoms with Gasteiger partial charge >= 0.3 is 0 Å². The number of amides is 1. The molecule has 1 aromatic carbocycles. The van der Waals surface area contributed by atoms with Crippen molar-refractivity contribution in [3.05, 3.63) is 34.3 Å². The Morgan fingerprint density at radius 3 is 2.72 bits per heavy atom. The van der Waals surface area contributed by atoms with Gasteiger partial charge in [-0.05, 0) is 49.4 Å². The van der Waals surface area contributed by atoms with Crippen LogP contribution in [-0.2, 0) is 14.9 Å². The maximum absolute atomic E-state index is 13.1. The van der Waals surface area contributed by atoms with Gasteiger partial charge in [0.05, 0.1) is 12.0 Å². The zero-order valence-corrected chi connectivity index (χ0v) is 16.7. The number of rotatable bonds is 7. The molecule has 3 rings (SSSR count). The highest BCUT2D eigenvalue weighted by molar-refractivity contribution is 9.10. The van der Waals surface area contributed by atoms with Crippen LogP contribution >= 0.6 is 15.9 Å². The molecule has 0 aromatic heterocycles. The van der Waals surface area contributed by atoms with Gasteiger partial charge in [0.1, 0.15) is 0 Å². The van der Waals surface area contributed by atoms with E-state index in [-0.39, 0.29) is 11.3 Å². The van der Waals surface area contributed by atoms with Crippen molar-refractivity contribution in [3.63, 3.8) is 0 Å². The number of nitrogens with zero attached hydrogens (tertiary/aromatic N) is 1. The second-order valence-corrected chi connectivity index (χ2v) is 8.37. The molecule has 1 aromatic rings. The number of carbonyl (C=O) groups is 1. The van der Waals surface area contributed by atoms with Gasteiger partial charge in [-0.25, -0.2) is 0 Å². The van der Waals surface area contributed by atoms with Gasteiger partial charge in [-0.2, -0.15) is 0 Å². The van der Waals surface area contributed by atoms with E-state index in [0.717, 1.165) is 69.4 Å². The van der Waals surface area contributed by atoms with Gasteiger partial charge in [-0.15, -0.1) is 0 Å². The molecular weight excluding hydrogens is 380 g/mol. The summed E-state index contributed by atoms with van der Waals surface area (Å²) in [6, 6.07) is 8.31. The summed E-state index contributed by atoms with van der Waals surface area (Å²) in [5.41, 5.74) is 0.841. The molecule has 0 radical (unpaired) electrons. The summed E-state index contributed by atoms with van der Waals surface area (Å²) in [7, 11) is 1.75. The minimum Gasteiger partial charge on any atom is -0.383 e. The number of hydrogen-bond acceptors (Lipinski definition) is 3. The van der Waals surface area contributed by atoms with E-state index >= 15 is 0 Å². The van der Waals surface area contributed by atoms with E-state index in [2.05, 4.69) is 38.3 Å². The summed E-state index contributed by atoms with van der Waals surface area (Å²) < 4.78 is 6.22. The van der Waals surface area contributed by atoms with Crippen molar-refractivity contribution in [1.82, 2.24) is 10.2 Å². The Morgan fingerprint density at radius 1 is 1.32 bits per heavy atom. The Morgan fingerprint density at radius 2 is 2.04 bits per heavy atom. The fourth-order valence-corrected chi connectivity index (χ4v) is 4.57. The molecule has 4 nitrogen and oxygen atoms in total. The van der Waals surface area contributed by atoms with Crippen molar-refractivity contribution in [1.29, 1.82) is 0 Å². The fourth-order valence-electron chi connectivity index (χ4n) is 4.30. The van der Waals surface area contributed by atoms with Gasteiger partial charge < -0.3 is 15.0 Å². The molecule has 1 saturated heterocycles. The molecule has 1 aliphatic carbocycles. The number of halogens is 1. The first-order valence-corrected chi connectivity index (χ1v) is 10.2. The molecule has 0 unspecified atom stereocenters. The first-order chi connectivity index (χ1) is 12.1. The van der Waals surface area contributed by atoms with E-state index in [1.807, 2.05) is 12.1 Å². The van der Waals surface area contributed by atoms with Crippen LogP contribution in [0.15, 0.2) is 28.7 Å². The Hall–Kier alpha value is -0.910. The highest BCUT2D eigenvalue weighted by Crippen LogP contribution is 2.41. The number of hydrogen-bond donors (Lipinski definition) is 1. The first kappa shape index (κ1) is 18.9. The molecule has 1 amide bonds. The molecule has 2 fully saturated rings. The van der Waals surface area contributed by atoms with Crippen molar-refractivity contribution in [2.45, 2.75) is 37.5 Å². The molecule has 0 bridgehead atoms. The number of methoxy groups -OCH3 is 1. The van der Waals surface area contributed by atoms with Gasteiger partial charge in [0.2, 0.25) is 5.91 Å². The average molecular weight is 409 g/mol. The molecule has 138 valence electrons. The first-order valence-electron chi connectivity index (χ1n) is 9.40. The van der Waals surface area contributed by atoms with Crippen LogP contribution in [0.2, 0.25) is 0 Å². The average Bonchev–Trinajstić information content (AvgIpc) is 3.29. The van der Waals surface area contributed by atoms with Crippen molar-refractivity contribution < 1.29 is 9.53 Å². The van der Waals surface area contributed by atoms with Crippen LogP contribution in [-0.4, -0.2) is 50.7 Å². The van der Waals surface area contributed by atoms with Gasteiger partial charge in [0, 0.05) is 31.2 Å². The third-order valence-electron chi connectivity index (χ3n) is 5.82.